The van der Waals surface area contributed by atoms with Gasteiger partial charge in [0.1, 0.15) is 0 Å². The second-order valence-corrected chi connectivity index (χ2v) is 5.18. The van der Waals surface area contributed by atoms with Crippen molar-refractivity contribution in [2.24, 2.45) is 17.6 Å². The van der Waals surface area contributed by atoms with Gasteiger partial charge in [0.15, 0.2) is 0 Å². The molecule has 2 heteroatoms. The van der Waals surface area contributed by atoms with E-state index in [0.29, 0.717) is 11.8 Å². The lowest BCUT2D eigenvalue weighted by Crippen LogP contribution is -2.23. The molecule has 1 aromatic heterocycles. The molecule has 1 heterocycles. The molecule has 1 aromatic rings. The Balaban J connectivity index is 2.79. The molecule has 1 nitrogen and oxygen atoms in total. The van der Waals surface area contributed by atoms with Crippen LogP contribution in [0.1, 0.15) is 37.3 Å². The van der Waals surface area contributed by atoms with Crippen LogP contribution in [0.4, 0.5) is 0 Å². The number of hydrogen-bond acceptors (Lipinski definition) is 2. The third-order valence-electron chi connectivity index (χ3n) is 2.88. The Morgan fingerprint density at radius 2 is 1.92 bits per heavy atom. The van der Waals surface area contributed by atoms with Crippen LogP contribution < -0.4 is 5.73 Å². The van der Waals surface area contributed by atoms with E-state index in [-0.39, 0.29) is 6.04 Å². The van der Waals surface area contributed by atoms with Gasteiger partial charge in [0, 0.05) is 10.9 Å². The predicted molar refractivity (Wildman–Crippen MR) is 60.0 cm³/mol. The fourth-order valence-electron chi connectivity index (χ4n) is 1.44. The van der Waals surface area contributed by atoms with Crippen LogP contribution in [0, 0.1) is 18.8 Å². The number of hydrogen-bond donors (Lipinski definition) is 1. The van der Waals surface area contributed by atoms with Crippen molar-refractivity contribution in [1.82, 2.24) is 0 Å². The maximum absolute atomic E-state index is 6.19. The SMILES string of the molecule is Cc1sccc1C(N)C(C)C(C)C. The topological polar surface area (TPSA) is 26.0 Å². The van der Waals surface area contributed by atoms with E-state index in [9.17, 15) is 0 Å². The monoisotopic (exact) mass is 197 g/mol. The van der Waals surface area contributed by atoms with E-state index in [1.54, 1.807) is 11.3 Å². The summed E-state index contributed by atoms with van der Waals surface area (Å²) in [5.74, 6) is 1.20. The Bertz CT molecular complexity index is 265. The van der Waals surface area contributed by atoms with Gasteiger partial charge in [0.25, 0.3) is 0 Å². The van der Waals surface area contributed by atoms with Gasteiger partial charge in [0.05, 0.1) is 0 Å². The van der Waals surface area contributed by atoms with Crippen LogP contribution in [0.25, 0.3) is 0 Å². The van der Waals surface area contributed by atoms with Gasteiger partial charge in [-0.05, 0) is 35.8 Å². The standard InChI is InChI=1S/C11H19NS/c1-7(2)8(3)11(12)10-5-6-13-9(10)4/h5-8,11H,12H2,1-4H3. The van der Waals surface area contributed by atoms with Gasteiger partial charge in [-0.15, -0.1) is 11.3 Å². The first kappa shape index (κ1) is 10.7. The van der Waals surface area contributed by atoms with Crippen LogP contribution in [-0.4, -0.2) is 0 Å². The highest BCUT2D eigenvalue weighted by Gasteiger charge is 2.19. The Hall–Kier alpha value is -0.340. The molecule has 0 saturated heterocycles. The summed E-state index contributed by atoms with van der Waals surface area (Å²) in [4.78, 5) is 1.36. The summed E-state index contributed by atoms with van der Waals surface area (Å²) in [6, 6.07) is 2.36. The maximum atomic E-state index is 6.19. The third kappa shape index (κ3) is 2.32. The number of rotatable bonds is 3. The zero-order chi connectivity index (χ0) is 10.0. The smallest absolute Gasteiger partial charge is 0.0334 e. The van der Waals surface area contributed by atoms with Gasteiger partial charge in [-0.1, -0.05) is 20.8 Å². The van der Waals surface area contributed by atoms with Crippen molar-refractivity contribution in [3.8, 4) is 0 Å². The van der Waals surface area contributed by atoms with Crippen molar-refractivity contribution in [3.05, 3.63) is 21.9 Å². The lowest BCUT2D eigenvalue weighted by Gasteiger charge is -2.23. The molecule has 0 aliphatic carbocycles. The quantitative estimate of drug-likeness (QED) is 0.790. The summed E-state index contributed by atoms with van der Waals surface area (Å²) < 4.78 is 0. The molecule has 0 aliphatic heterocycles. The first-order valence-electron chi connectivity index (χ1n) is 4.83. The van der Waals surface area contributed by atoms with Gasteiger partial charge in [0.2, 0.25) is 0 Å². The molecule has 0 radical (unpaired) electrons. The molecular formula is C11H19NS. The molecular weight excluding hydrogens is 178 g/mol. The molecule has 1 rings (SSSR count). The minimum atomic E-state index is 0.200. The van der Waals surface area contributed by atoms with Gasteiger partial charge < -0.3 is 5.73 Å². The van der Waals surface area contributed by atoms with E-state index in [0.717, 1.165) is 0 Å². The Labute approximate surface area is 85.0 Å². The average molecular weight is 197 g/mol. The van der Waals surface area contributed by atoms with Crippen LogP contribution in [0.15, 0.2) is 11.4 Å². The van der Waals surface area contributed by atoms with Crippen molar-refractivity contribution in [1.29, 1.82) is 0 Å². The lowest BCUT2D eigenvalue weighted by molar-refractivity contribution is 0.352. The van der Waals surface area contributed by atoms with Crippen LogP contribution in [0.2, 0.25) is 0 Å². The molecule has 2 N–H and O–H groups in total. The highest BCUT2D eigenvalue weighted by molar-refractivity contribution is 7.10. The van der Waals surface area contributed by atoms with Gasteiger partial charge in [-0.3, -0.25) is 0 Å². The zero-order valence-electron chi connectivity index (χ0n) is 8.87. The second-order valence-electron chi connectivity index (χ2n) is 4.06. The molecule has 2 unspecified atom stereocenters. The number of thiophene rings is 1. The molecule has 0 amide bonds. The summed E-state index contributed by atoms with van der Waals surface area (Å²) in [5.41, 5.74) is 7.52. The van der Waals surface area contributed by atoms with Crippen molar-refractivity contribution in [2.75, 3.05) is 0 Å². The predicted octanol–water partition coefficient (Wildman–Crippen LogP) is 3.35. The van der Waals surface area contributed by atoms with Crippen molar-refractivity contribution < 1.29 is 0 Å². The summed E-state index contributed by atoms with van der Waals surface area (Å²) in [6.45, 7) is 8.83. The normalized spacial score (nSPS) is 16.2. The average Bonchev–Trinajstić information content (AvgIpc) is 2.48. The van der Waals surface area contributed by atoms with Gasteiger partial charge in [-0.2, -0.15) is 0 Å². The zero-order valence-corrected chi connectivity index (χ0v) is 9.69. The summed E-state index contributed by atoms with van der Waals surface area (Å²) in [6.07, 6.45) is 0. The fraction of sp³-hybridized carbons (Fsp3) is 0.636. The molecule has 0 aromatic carbocycles. The van der Waals surface area contributed by atoms with Crippen LogP contribution >= 0.6 is 11.3 Å². The largest absolute Gasteiger partial charge is 0.324 e. The highest BCUT2D eigenvalue weighted by atomic mass is 32.1. The molecule has 0 bridgehead atoms. The molecule has 0 saturated carbocycles. The summed E-state index contributed by atoms with van der Waals surface area (Å²) >= 11 is 1.78. The van der Waals surface area contributed by atoms with Gasteiger partial charge in [-0.25, -0.2) is 0 Å². The molecule has 0 aliphatic rings. The number of nitrogens with two attached hydrogens (primary N) is 1. The molecule has 74 valence electrons. The van der Waals surface area contributed by atoms with E-state index >= 15 is 0 Å². The lowest BCUT2D eigenvalue weighted by atomic mass is 9.87. The Morgan fingerprint density at radius 1 is 1.31 bits per heavy atom. The Kier molecular flexibility index (Phi) is 3.51. The molecule has 13 heavy (non-hydrogen) atoms. The minimum absolute atomic E-state index is 0.200. The first-order chi connectivity index (χ1) is 6.04. The molecule has 0 spiro atoms. The maximum Gasteiger partial charge on any atom is 0.0334 e. The number of aryl methyl sites for hydroxylation is 1. The third-order valence-corrected chi connectivity index (χ3v) is 3.74. The van der Waals surface area contributed by atoms with Crippen LogP contribution in [0.3, 0.4) is 0 Å². The summed E-state index contributed by atoms with van der Waals surface area (Å²) in [5, 5.41) is 2.12. The summed E-state index contributed by atoms with van der Waals surface area (Å²) in [7, 11) is 0. The van der Waals surface area contributed by atoms with Crippen molar-refractivity contribution in [2.45, 2.75) is 33.7 Å². The van der Waals surface area contributed by atoms with Crippen molar-refractivity contribution >= 4 is 11.3 Å². The van der Waals surface area contributed by atoms with Crippen molar-refractivity contribution in [3.63, 3.8) is 0 Å². The van der Waals surface area contributed by atoms with Gasteiger partial charge >= 0.3 is 0 Å². The first-order valence-corrected chi connectivity index (χ1v) is 5.71. The fourth-order valence-corrected chi connectivity index (χ4v) is 2.20. The highest BCUT2D eigenvalue weighted by Crippen LogP contribution is 2.29. The van der Waals surface area contributed by atoms with Crippen LogP contribution in [0.5, 0.6) is 0 Å². The van der Waals surface area contributed by atoms with E-state index < -0.39 is 0 Å². The second kappa shape index (κ2) is 4.25. The molecule has 2 atom stereocenters. The molecule has 0 fully saturated rings. The van der Waals surface area contributed by atoms with Crippen LogP contribution in [-0.2, 0) is 0 Å². The van der Waals surface area contributed by atoms with E-state index in [2.05, 4.69) is 39.1 Å². The Morgan fingerprint density at radius 3 is 2.31 bits per heavy atom. The van der Waals surface area contributed by atoms with E-state index in [1.807, 2.05) is 0 Å². The minimum Gasteiger partial charge on any atom is -0.324 e. The van der Waals surface area contributed by atoms with E-state index in [4.69, 9.17) is 5.73 Å². The van der Waals surface area contributed by atoms with E-state index in [1.165, 1.54) is 10.4 Å².